The zero-order valence-electron chi connectivity index (χ0n) is 16.8. The lowest BCUT2D eigenvalue weighted by atomic mass is 9.84. The van der Waals surface area contributed by atoms with E-state index >= 15 is 0 Å². The number of hydrogen-bond acceptors (Lipinski definition) is 4. The van der Waals surface area contributed by atoms with Gasteiger partial charge in [0.15, 0.2) is 0 Å². The lowest BCUT2D eigenvalue weighted by molar-refractivity contribution is -0.138. The highest BCUT2D eigenvalue weighted by Gasteiger charge is 2.38. The third-order valence-electron chi connectivity index (χ3n) is 4.69. The lowest BCUT2D eigenvalue weighted by Crippen LogP contribution is -2.41. The fourth-order valence-corrected chi connectivity index (χ4v) is 3.34. The zero-order valence-corrected chi connectivity index (χ0v) is 16.8. The first-order valence-corrected chi connectivity index (χ1v) is 9.11. The van der Waals surface area contributed by atoms with Crippen LogP contribution < -0.4 is 0 Å². The summed E-state index contributed by atoms with van der Waals surface area (Å²) in [5.74, 6) is -1.16. The minimum absolute atomic E-state index is 0.0928. The smallest absolute Gasteiger partial charge is 0.416 e. The molecule has 8 heteroatoms. The monoisotopic (exact) mass is 401 g/mol. The van der Waals surface area contributed by atoms with Crippen LogP contribution in [-0.2, 0) is 15.7 Å². The summed E-state index contributed by atoms with van der Waals surface area (Å²) in [6.45, 7) is 7.51. The van der Waals surface area contributed by atoms with E-state index in [-0.39, 0.29) is 17.0 Å². The topological polar surface area (TPSA) is 55.8 Å². The first-order chi connectivity index (χ1) is 12.8. The summed E-state index contributed by atoms with van der Waals surface area (Å²) in [6.07, 6.45) is -4.27. The standard InChI is InChI=1S/C20H26F3NO4/c1-12-10-15(16(20(21,22)23)11-14(12)17(25)27-5)13-6-8-24(9-7-13)18(26)28-19(2,3)4/h10-11,13H,6-9H2,1-5H3. The number of benzene rings is 1. The van der Waals surface area contributed by atoms with Crippen LogP contribution in [0.5, 0.6) is 0 Å². The van der Waals surface area contributed by atoms with Gasteiger partial charge in [0.2, 0.25) is 0 Å². The number of rotatable bonds is 2. The van der Waals surface area contributed by atoms with Gasteiger partial charge in [-0.1, -0.05) is 6.07 Å². The number of carbonyl (C=O) groups excluding carboxylic acids is 2. The summed E-state index contributed by atoms with van der Waals surface area (Å²) in [6, 6.07) is 2.29. The van der Waals surface area contributed by atoms with Crippen LogP contribution in [0.2, 0.25) is 0 Å². The number of halogens is 3. The Labute approximate surface area is 162 Å². The molecule has 156 valence electrons. The number of esters is 1. The van der Waals surface area contributed by atoms with Crippen molar-refractivity contribution in [3.05, 3.63) is 34.4 Å². The molecule has 0 aromatic heterocycles. The zero-order chi connectivity index (χ0) is 21.3. The highest BCUT2D eigenvalue weighted by Crippen LogP contribution is 2.40. The number of alkyl halides is 3. The maximum atomic E-state index is 13.6. The number of likely N-dealkylation sites (tertiary alicyclic amines) is 1. The molecule has 1 aliphatic heterocycles. The number of hydrogen-bond donors (Lipinski definition) is 0. The van der Waals surface area contributed by atoms with E-state index in [0.717, 1.165) is 13.2 Å². The fourth-order valence-electron chi connectivity index (χ4n) is 3.34. The number of nitrogens with zero attached hydrogens (tertiary/aromatic N) is 1. The predicted octanol–water partition coefficient (Wildman–Crippen LogP) is 4.91. The minimum atomic E-state index is -4.59. The Hall–Kier alpha value is -2.25. The van der Waals surface area contributed by atoms with E-state index in [9.17, 15) is 22.8 Å². The van der Waals surface area contributed by atoms with Crippen molar-refractivity contribution in [1.29, 1.82) is 0 Å². The van der Waals surface area contributed by atoms with E-state index in [1.54, 1.807) is 27.7 Å². The van der Waals surface area contributed by atoms with Gasteiger partial charge in [-0.2, -0.15) is 13.2 Å². The Balaban J connectivity index is 2.25. The van der Waals surface area contributed by atoms with Crippen LogP contribution in [0.15, 0.2) is 12.1 Å². The van der Waals surface area contributed by atoms with E-state index in [0.29, 0.717) is 31.5 Å². The summed E-state index contributed by atoms with van der Waals surface area (Å²) >= 11 is 0. The van der Waals surface area contributed by atoms with Gasteiger partial charge in [0, 0.05) is 13.1 Å². The maximum Gasteiger partial charge on any atom is 0.416 e. The lowest BCUT2D eigenvalue weighted by Gasteiger charge is -2.34. The number of amides is 1. The number of ether oxygens (including phenoxy) is 2. The molecule has 0 bridgehead atoms. The van der Waals surface area contributed by atoms with Crippen LogP contribution in [0.1, 0.15) is 66.6 Å². The van der Waals surface area contributed by atoms with Gasteiger partial charge < -0.3 is 14.4 Å². The summed E-state index contributed by atoms with van der Waals surface area (Å²) in [5.41, 5.74) is -0.956. The van der Waals surface area contributed by atoms with Gasteiger partial charge in [-0.3, -0.25) is 0 Å². The second-order valence-corrected chi connectivity index (χ2v) is 7.99. The molecule has 1 amide bonds. The van der Waals surface area contributed by atoms with Crippen LogP contribution in [0.3, 0.4) is 0 Å². The molecular formula is C20H26F3NO4. The average Bonchev–Trinajstić information content (AvgIpc) is 2.58. The molecule has 1 heterocycles. The van der Waals surface area contributed by atoms with Gasteiger partial charge in [0.05, 0.1) is 18.2 Å². The predicted molar refractivity (Wildman–Crippen MR) is 97.3 cm³/mol. The van der Waals surface area contributed by atoms with Crippen molar-refractivity contribution >= 4 is 12.1 Å². The molecule has 0 aliphatic carbocycles. The highest BCUT2D eigenvalue weighted by atomic mass is 19.4. The van der Waals surface area contributed by atoms with E-state index in [2.05, 4.69) is 4.74 Å². The fraction of sp³-hybridized carbons (Fsp3) is 0.600. The van der Waals surface area contributed by atoms with Crippen LogP contribution in [-0.4, -0.2) is 42.8 Å². The first-order valence-electron chi connectivity index (χ1n) is 9.11. The van der Waals surface area contributed by atoms with Gasteiger partial charge in [-0.25, -0.2) is 9.59 Å². The number of aryl methyl sites for hydroxylation is 1. The molecule has 28 heavy (non-hydrogen) atoms. The van der Waals surface area contributed by atoms with E-state index in [1.807, 2.05) is 0 Å². The van der Waals surface area contributed by atoms with Gasteiger partial charge in [-0.05, 0) is 63.6 Å². The Morgan fingerprint density at radius 3 is 2.14 bits per heavy atom. The third-order valence-corrected chi connectivity index (χ3v) is 4.69. The molecule has 2 rings (SSSR count). The van der Waals surface area contributed by atoms with E-state index in [1.165, 1.54) is 11.0 Å². The molecule has 0 N–H and O–H groups in total. The van der Waals surface area contributed by atoms with Crippen molar-refractivity contribution in [2.75, 3.05) is 20.2 Å². The Kier molecular flexibility index (Phi) is 6.31. The average molecular weight is 401 g/mol. The molecule has 0 atom stereocenters. The molecule has 0 radical (unpaired) electrons. The summed E-state index contributed by atoms with van der Waals surface area (Å²) in [4.78, 5) is 25.5. The second kappa shape index (κ2) is 8.01. The van der Waals surface area contributed by atoms with E-state index in [4.69, 9.17) is 4.74 Å². The molecule has 1 aromatic carbocycles. The van der Waals surface area contributed by atoms with Crippen molar-refractivity contribution in [3.63, 3.8) is 0 Å². The molecule has 1 aliphatic rings. The Morgan fingerprint density at radius 1 is 1.11 bits per heavy atom. The molecule has 5 nitrogen and oxygen atoms in total. The normalized spacial score (nSPS) is 16.1. The second-order valence-electron chi connectivity index (χ2n) is 7.99. The first kappa shape index (κ1) is 22.0. The highest BCUT2D eigenvalue weighted by molar-refractivity contribution is 5.91. The number of piperidine rings is 1. The van der Waals surface area contributed by atoms with Crippen LogP contribution in [0, 0.1) is 6.92 Å². The minimum Gasteiger partial charge on any atom is -0.465 e. The van der Waals surface area contributed by atoms with Gasteiger partial charge in [0.25, 0.3) is 0 Å². The van der Waals surface area contributed by atoms with Crippen molar-refractivity contribution in [2.45, 2.75) is 58.2 Å². The molecule has 1 aromatic rings. The molecule has 1 saturated heterocycles. The Bertz CT molecular complexity index is 745. The van der Waals surface area contributed by atoms with Crippen LogP contribution in [0.4, 0.5) is 18.0 Å². The summed E-state index contributed by atoms with van der Waals surface area (Å²) in [7, 11) is 1.13. The molecule has 0 unspecified atom stereocenters. The van der Waals surface area contributed by atoms with Crippen LogP contribution >= 0.6 is 0 Å². The quantitative estimate of drug-likeness (QED) is 0.661. The molecule has 1 fully saturated rings. The van der Waals surface area contributed by atoms with Crippen LogP contribution in [0.25, 0.3) is 0 Å². The number of methoxy groups -OCH3 is 1. The maximum absolute atomic E-state index is 13.6. The van der Waals surface area contributed by atoms with Gasteiger partial charge in [-0.15, -0.1) is 0 Å². The SMILES string of the molecule is COC(=O)c1cc(C(F)(F)F)c(C2CCN(C(=O)OC(C)(C)C)CC2)cc1C. The third kappa shape index (κ3) is 5.17. The van der Waals surface area contributed by atoms with Gasteiger partial charge >= 0.3 is 18.2 Å². The number of carbonyl (C=O) groups is 2. The molecule has 0 saturated carbocycles. The van der Waals surface area contributed by atoms with Crippen molar-refractivity contribution in [2.24, 2.45) is 0 Å². The molecular weight excluding hydrogens is 375 g/mol. The largest absolute Gasteiger partial charge is 0.465 e. The Morgan fingerprint density at radius 2 is 1.68 bits per heavy atom. The van der Waals surface area contributed by atoms with Crippen molar-refractivity contribution in [1.82, 2.24) is 4.90 Å². The van der Waals surface area contributed by atoms with E-state index < -0.39 is 29.4 Å². The molecule has 0 spiro atoms. The van der Waals surface area contributed by atoms with Crippen molar-refractivity contribution < 1.29 is 32.2 Å². The summed E-state index contributed by atoms with van der Waals surface area (Å²) in [5, 5.41) is 0. The van der Waals surface area contributed by atoms with Gasteiger partial charge in [0.1, 0.15) is 5.60 Å². The summed E-state index contributed by atoms with van der Waals surface area (Å²) < 4.78 is 50.8. The van der Waals surface area contributed by atoms with Crippen molar-refractivity contribution in [3.8, 4) is 0 Å².